The minimum atomic E-state index is -0.405. The number of aromatic amines is 1. The van der Waals surface area contributed by atoms with E-state index in [9.17, 15) is 4.79 Å². The molecule has 0 amide bonds. The van der Waals surface area contributed by atoms with E-state index in [4.69, 9.17) is 16.9 Å². The molecule has 0 radical (unpaired) electrons. The van der Waals surface area contributed by atoms with Crippen LogP contribution >= 0.6 is 11.6 Å². The molecule has 2 N–H and O–H groups in total. The van der Waals surface area contributed by atoms with Crippen molar-refractivity contribution in [3.63, 3.8) is 0 Å². The van der Waals surface area contributed by atoms with Crippen molar-refractivity contribution in [3.05, 3.63) is 52.3 Å². The third-order valence-electron chi connectivity index (χ3n) is 2.72. The van der Waals surface area contributed by atoms with E-state index in [0.717, 1.165) is 11.4 Å². The number of nitrogens with zero attached hydrogens (tertiary/aromatic N) is 1. The van der Waals surface area contributed by atoms with Gasteiger partial charge in [-0.25, -0.2) is 4.79 Å². The highest BCUT2D eigenvalue weighted by Gasteiger charge is 2.08. The summed E-state index contributed by atoms with van der Waals surface area (Å²) in [6.45, 7) is 0.499. The number of ether oxygens (including phenoxy) is 1. The van der Waals surface area contributed by atoms with Crippen molar-refractivity contribution in [2.45, 2.75) is 6.54 Å². The van der Waals surface area contributed by atoms with Crippen molar-refractivity contribution in [1.82, 2.24) is 4.98 Å². The van der Waals surface area contributed by atoms with Crippen molar-refractivity contribution in [3.8, 4) is 6.07 Å². The van der Waals surface area contributed by atoms with Crippen molar-refractivity contribution in [2.75, 3.05) is 12.4 Å². The average Bonchev–Trinajstić information content (AvgIpc) is 2.93. The maximum Gasteiger partial charge on any atom is 0.354 e. The Morgan fingerprint density at radius 3 is 2.90 bits per heavy atom. The van der Waals surface area contributed by atoms with Gasteiger partial charge in [0, 0.05) is 11.4 Å². The van der Waals surface area contributed by atoms with Gasteiger partial charge in [-0.15, -0.1) is 0 Å². The summed E-state index contributed by atoms with van der Waals surface area (Å²) in [6, 6.07) is 10.6. The van der Waals surface area contributed by atoms with Gasteiger partial charge in [0.15, 0.2) is 0 Å². The Morgan fingerprint density at radius 2 is 2.25 bits per heavy atom. The number of aromatic nitrogens is 1. The topological polar surface area (TPSA) is 77.9 Å². The van der Waals surface area contributed by atoms with Crippen LogP contribution in [-0.4, -0.2) is 18.1 Å². The van der Waals surface area contributed by atoms with E-state index in [-0.39, 0.29) is 0 Å². The van der Waals surface area contributed by atoms with Crippen molar-refractivity contribution in [1.29, 1.82) is 5.26 Å². The number of halogens is 1. The molecule has 102 valence electrons. The molecule has 1 heterocycles. The van der Waals surface area contributed by atoms with E-state index in [1.807, 2.05) is 6.07 Å². The number of H-pyrrole nitrogens is 1. The second-order valence-electron chi connectivity index (χ2n) is 4.05. The molecule has 0 bridgehead atoms. The van der Waals surface area contributed by atoms with E-state index in [0.29, 0.717) is 22.8 Å². The zero-order valence-corrected chi connectivity index (χ0v) is 11.5. The van der Waals surface area contributed by atoms with Gasteiger partial charge in [0.1, 0.15) is 11.8 Å². The lowest BCUT2D eigenvalue weighted by atomic mass is 10.2. The molecule has 0 aliphatic carbocycles. The Hall–Kier alpha value is -2.45. The van der Waals surface area contributed by atoms with E-state index in [1.54, 1.807) is 30.3 Å². The summed E-state index contributed by atoms with van der Waals surface area (Å²) in [5.74, 6) is -0.405. The number of nitrogens with one attached hydrogen (secondary N) is 2. The molecule has 1 aromatic carbocycles. The molecule has 20 heavy (non-hydrogen) atoms. The van der Waals surface area contributed by atoms with E-state index < -0.39 is 5.97 Å². The predicted molar refractivity (Wildman–Crippen MR) is 75.6 cm³/mol. The minimum Gasteiger partial charge on any atom is -0.464 e. The molecule has 6 heteroatoms. The van der Waals surface area contributed by atoms with Gasteiger partial charge >= 0.3 is 5.97 Å². The second-order valence-corrected chi connectivity index (χ2v) is 4.46. The number of carbonyl (C=O) groups excluding carboxylic acids is 1. The zero-order valence-electron chi connectivity index (χ0n) is 10.7. The van der Waals surface area contributed by atoms with Crippen LogP contribution in [0, 0.1) is 11.3 Å². The molecule has 0 spiro atoms. The van der Waals surface area contributed by atoms with Gasteiger partial charge in [0.25, 0.3) is 0 Å². The molecule has 0 saturated carbocycles. The summed E-state index contributed by atoms with van der Waals surface area (Å²) < 4.78 is 4.61. The zero-order chi connectivity index (χ0) is 14.5. The Bertz CT molecular complexity index is 673. The fourth-order valence-corrected chi connectivity index (χ4v) is 1.91. The lowest BCUT2D eigenvalue weighted by Gasteiger charge is -2.06. The maximum absolute atomic E-state index is 11.3. The normalized spacial score (nSPS) is 9.85. The van der Waals surface area contributed by atoms with Crippen molar-refractivity contribution in [2.24, 2.45) is 0 Å². The van der Waals surface area contributed by atoms with Crippen LogP contribution in [0.2, 0.25) is 5.02 Å². The van der Waals surface area contributed by atoms with Gasteiger partial charge in [0.2, 0.25) is 0 Å². The number of methoxy groups -OCH3 is 1. The van der Waals surface area contributed by atoms with Crippen LogP contribution in [0.25, 0.3) is 0 Å². The Kier molecular flexibility index (Phi) is 4.28. The number of esters is 1. The lowest BCUT2D eigenvalue weighted by Crippen LogP contribution is -2.03. The van der Waals surface area contributed by atoms with Crippen LogP contribution < -0.4 is 5.32 Å². The van der Waals surface area contributed by atoms with Crippen LogP contribution in [0.3, 0.4) is 0 Å². The summed E-state index contributed by atoms with van der Waals surface area (Å²) in [5.41, 5.74) is 2.47. The standard InChI is InChI=1S/C14H12ClN3O2/c1-20-14(19)13-5-4-11(18-13)8-17-10-3-2-9(7-16)12(15)6-10/h2-6,17-18H,8H2,1H3. The van der Waals surface area contributed by atoms with Crippen molar-refractivity contribution < 1.29 is 9.53 Å². The number of hydrogen-bond donors (Lipinski definition) is 2. The van der Waals surface area contributed by atoms with Crippen LogP contribution in [0.4, 0.5) is 5.69 Å². The third-order valence-corrected chi connectivity index (χ3v) is 3.04. The number of nitriles is 1. The highest BCUT2D eigenvalue weighted by atomic mass is 35.5. The largest absolute Gasteiger partial charge is 0.464 e. The fourth-order valence-electron chi connectivity index (χ4n) is 1.69. The Morgan fingerprint density at radius 1 is 1.45 bits per heavy atom. The third kappa shape index (κ3) is 3.11. The summed E-state index contributed by atoms with van der Waals surface area (Å²) in [4.78, 5) is 14.2. The molecule has 0 saturated heterocycles. The number of rotatable bonds is 4. The predicted octanol–water partition coefficient (Wildman–Crippen LogP) is 2.94. The molecule has 0 aliphatic heterocycles. The van der Waals surface area contributed by atoms with Crippen molar-refractivity contribution >= 4 is 23.3 Å². The molecule has 0 atom stereocenters. The number of anilines is 1. The SMILES string of the molecule is COC(=O)c1ccc(CNc2ccc(C#N)c(Cl)c2)[nH]1. The number of hydrogen-bond acceptors (Lipinski definition) is 4. The molecule has 2 aromatic rings. The van der Waals surface area contributed by atoms with E-state index in [1.165, 1.54) is 7.11 Å². The first-order valence-electron chi connectivity index (χ1n) is 5.83. The van der Waals surface area contributed by atoms with Crippen LogP contribution in [0.15, 0.2) is 30.3 Å². The van der Waals surface area contributed by atoms with Gasteiger partial charge < -0.3 is 15.0 Å². The average molecular weight is 290 g/mol. The van der Waals surface area contributed by atoms with E-state index in [2.05, 4.69) is 15.0 Å². The van der Waals surface area contributed by atoms with Crippen LogP contribution in [0.5, 0.6) is 0 Å². The minimum absolute atomic E-state index is 0.402. The first-order chi connectivity index (χ1) is 9.63. The van der Waals surface area contributed by atoms with Gasteiger partial charge in [-0.3, -0.25) is 0 Å². The van der Waals surface area contributed by atoms with Crippen LogP contribution in [0.1, 0.15) is 21.7 Å². The Balaban J connectivity index is 2.02. The monoisotopic (exact) mass is 289 g/mol. The molecule has 0 fully saturated rings. The van der Waals surface area contributed by atoms with Crippen LogP contribution in [-0.2, 0) is 11.3 Å². The smallest absolute Gasteiger partial charge is 0.354 e. The van der Waals surface area contributed by atoms with Gasteiger partial charge in [-0.2, -0.15) is 5.26 Å². The lowest BCUT2D eigenvalue weighted by molar-refractivity contribution is 0.0594. The summed E-state index contributed by atoms with van der Waals surface area (Å²) in [5, 5.41) is 12.3. The fraction of sp³-hybridized carbons (Fsp3) is 0.143. The maximum atomic E-state index is 11.3. The van der Waals surface area contributed by atoms with Gasteiger partial charge in [-0.05, 0) is 30.3 Å². The molecular weight excluding hydrogens is 278 g/mol. The first-order valence-corrected chi connectivity index (χ1v) is 6.21. The quantitative estimate of drug-likeness (QED) is 0.848. The number of benzene rings is 1. The summed E-state index contributed by atoms with van der Waals surface area (Å²) in [7, 11) is 1.33. The highest BCUT2D eigenvalue weighted by molar-refractivity contribution is 6.32. The molecule has 1 aromatic heterocycles. The summed E-state index contributed by atoms with van der Waals surface area (Å²) in [6.07, 6.45) is 0. The molecule has 0 unspecified atom stereocenters. The molecule has 2 rings (SSSR count). The summed E-state index contributed by atoms with van der Waals surface area (Å²) >= 11 is 5.94. The Labute approximate surface area is 121 Å². The van der Waals surface area contributed by atoms with E-state index >= 15 is 0 Å². The second kappa shape index (κ2) is 6.13. The highest BCUT2D eigenvalue weighted by Crippen LogP contribution is 2.20. The number of carbonyl (C=O) groups is 1. The molecular formula is C14H12ClN3O2. The molecule has 0 aliphatic rings. The first kappa shape index (κ1) is 14.0. The van der Waals surface area contributed by atoms with Gasteiger partial charge in [0.05, 0.1) is 24.2 Å². The molecule has 5 nitrogen and oxygen atoms in total. The van der Waals surface area contributed by atoms with Gasteiger partial charge in [-0.1, -0.05) is 11.6 Å².